The highest BCUT2D eigenvalue weighted by atomic mass is 32.1. The van der Waals surface area contributed by atoms with Crippen molar-refractivity contribution in [2.24, 2.45) is 0 Å². The Morgan fingerprint density at radius 3 is 2.52 bits per heavy atom. The summed E-state index contributed by atoms with van der Waals surface area (Å²) in [7, 11) is 1.62. The van der Waals surface area contributed by atoms with Gasteiger partial charge in [-0.3, -0.25) is 9.59 Å². The van der Waals surface area contributed by atoms with E-state index in [2.05, 4.69) is 9.55 Å². The highest BCUT2D eigenvalue weighted by Gasteiger charge is 2.17. The molecule has 0 bridgehead atoms. The zero-order valence-corrected chi connectivity index (χ0v) is 17.8. The molecule has 0 aliphatic heterocycles. The summed E-state index contributed by atoms with van der Waals surface area (Å²) >= 11 is 1.46. The van der Waals surface area contributed by atoms with Crippen molar-refractivity contribution >= 4 is 23.1 Å². The van der Waals surface area contributed by atoms with Crippen LogP contribution in [0, 0.1) is 13.8 Å². The number of hydrogen-bond donors (Lipinski definition) is 0. The molecule has 0 aliphatic rings. The fourth-order valence-corrected chi connectivity index (χ4v) is 4.07. The summed E-state index contributed by atoms with van der Waals surface area (Å²) in [5, 5.41) is 2.65. The van der Waals surface area contributed by atoms with Gasteiger partial charge in [0, 0.05) is 34.4 Å². The van der Waals surface area contributed by atoms with E-state index in [9.17, 15) is 9.59 Å². The van der Waals surface area contributed by atoms with Crippen LogP contribution in [0.15, 0.2) is 35.7 Å². The molecule has 0 fully saturated rings. The molecule has 0 spiro atoms. The van der Waals surface area contributed by atoms with Gasteiger partial charge in [0.15, 0.2) is 6.61 Å². The Bertz CT molecular complexity index is 1020. The highest BCUT2D eigenvalue weighted by Crippen LogP contribution is 2.26. The molecule has 0 saturated carbocycles. The Kier molecular flexibility index (Phi) is 6.49. The number of aryl methyl sites for hydroxylation is 1. The number of methoxy groups -OCH3 is 1. The van der Waals surface area contributed by atoms with Crippen LogP contribution >= 0.6 is 11.3 Å². The minimum atomic E-state index is -0.464. The quantitative estimate of drug-likeness (QED) is 0.409. The van der Waals surface area contributed by atoms with Crippen molar-refractivity contribution in [2.45, 2.75) is 33.7 Å². The van der Waals surface area contributed by atoms with Crippen molar-refractivity contribution in [1.29, 1.82) is 0 Å². The fourth-order valence-electron chi connectivity index (χ4n) is 3.25. The lowest BCUT2D eigenvalue weighted by atomic mass is 10.1. The predicted molar refractivity (Wildman–Crippen MR) is 113 cm³/mol. The number of esters is 1. The SMILES string of the molecule is CCn1c(C)cc(C(=O)COC(=O)Cc2csc(-c3ccc(OC)cc3)n2)c1C. The molecule has 152 valence electrons. The van der Waals surface area contributed by atoms with Crippen LogP contribution in [0.1, 0.15) is 34.4 Å². The molecule has 0 amide bonds. The molecule has 3 aromatic rings. The third-order valence-corrected chi connectivity index (χ3v) is 5.71. The minimum Gasteiger partial charge on any atom is -0.497 e. The number of ketones is 1. The number of benzene rings is 1. The van der Waals surface area contributed by atoms with Gasteiger partial charge in [0.05, 0.1) is 19.2 Å². The van der Waals surface area contributed by atoms with E-state index in [1.54, 1.807) is 7.11 Å². The van der Waals surface area contributed by atoms with Crippen molar-refractivity contribution in [3.63, 3.8) is 0 Å². The van der Waals surface area contributed by atoms with E-state index >= 15 is 0 Å². The summed E-state index contributed by atoms with van der Waals surface area (Å²) in [6.45, 7) is 6.43. The van der Waals surface area contributed by atoms with Crippen LogP contribution in [0.3, 0.4) is 0 Å². The molecule has 0 aliphatic carbocycles. The van der Waals surface area contributed by atoms with Crippen LogP contribution in [-0.2, 0) is 22.5 Å². The van der Waals surface area contributed by atoms with Crippen LogP contribution in [0.5, 0.6) is 5.75 Å². The van der Waals surface area contributed by atoms with E-state index in [0.717, 1.165) is 34.3 Å². The standard InChI is InChI=1S/C22H24N2O4S/c1-5-24-14(2)10-19(15(24)3)20(25)12-28-21(26)11-17-13-29-22(23-17)16-6-8-18(27-4)9-7-16/h6-10,13H,5,11-12H2,1-4H3. The third kappa shape index (κ3) is 4.74. The average molecular weight is 413 g/mol. The van der Waals surface area contributed by atoms with Gasteiger partial charge in [0.25, 0.3) is 0 Å². The van der Waals surface area contributed by atoms with E-state index in [1.807, 2.05) is 56.5 Å². The summed E-state index contributed by atoms with van der Waals surface area (Å²) in [6.07, 6.45) is 0.0356. The number of nitrogens with zero attached hydrogens (tertiary/aromatic N) is 2. The first-order valence-electron chi connectivity index (χ1n) is 9.37. The van der Waals surface area contributed by atoms with Gasteiger partial charge in [-0.1, -0.05) is 0 Å². The normalized spacial score (nSPS) is 10.8. The van der Waals surface area contributed by atoms with Gasteiger partial charge in [0.2, 0.25) is 5.78 Å². The molecule has 0 unspecified atom stereocenters. The maximum absolute atomic E-state index is 12.4. The highest BCUT2D eigenvalue weighted by molar-refractivity contribution is 7.13. The van der Waals surface area contributed by atoms with Crippen molar-refractivity contribution < 1.29 is 19.1 Å². The number of carbonyl (C=O) groups is 2. The Morgan fingerprint density at radius 2 is 1.90 bits per heavy atom. The van der Waals surface area contributed by atoms with Gasteiger partial charge in [-0.05, 0) is 51.1 Å². The van der Waals surface area contributed by atoms with Crippen LogP contribution in [-0.4, -0.2) is 35.0 Å². The lowest BCUT2D eigenvalue weighted by Gasteiger charge is -2.06. The van der Waals surface area contributed by atoms with Gasteiger partial charge in [-0.2, -0.15) is 0 Å². The first kappa shape index (κ1) is 20.8. The molecular weight excluding hydrogens is 388 g/mol. The van der Waals surface area contributed by atoms with Crippen molar-refractivity contribution in [2.75, 3.05) is 13.7 Å². The maximum atomic E-state index is 12.4. The molecule has 2 heterocycles. The van der Waals surface area contributed by atoms with E-state index in [-0.39, 0.29) is 18.8 Å². The fraction of sp³-hybridized carbons (Fsp3) is 0.318. The second-order valence-corrected chi connectivity index (χ2v) is 7.52. The average Bonchev–Trinajstić information content (AvgIpc) is 3.30. The van der Waals surface area contributed by atoms with Crippen LogP contribution < -0.4 is 4.74 Å². The van der Waals surface area contributed by atoms with E-state index < -0.39 is 5.97 Å². The van der Waals surface area contributed by atoms with Gasteiger partial charge in [0.1, 0.15) is 10.8 Å². The lowest BCUT2D eigenvalue weighted by Crippen LogP contribution is -2.16. The van der Waals surface area contributed by atoms with Crippen molar-refractivity contribution in [3.8, 4) is 16.3 Å². The molecule has 0 saturated heterocycles. The first-order chi connectivity index (χ1) is 13.9. The zero-order valence-electron chi connectivity index (χ0n) is 17.0. The van der Waals surface area contributed by atoms with Gasteiger partial charge in [-0.15, -0.1) is 11.3 Å². The molecule has 0 radical (unpaired) electrons. The monoisotopic (exact) mass is 412 g/mol. The van der Waals surface area contributed by atoms with E-state index in [0.29, 0.717) is 11.3 Å². The van der Waals surface area contributed by atoms with Crippen molar-refractivity contribution in [3.05, 3.63) is 58.4 Å². The second kappa shape index (κ2) is 9.05. The first-order valence-corrected chi connectivity index (χ1v) is 10.2. The number of hydrogen-bond acceptors (Lipinski definition) is 6. The number of Topliss-reactive ketones (excluding diaryl/α,β-unsaturated/α-hetero) is 1. The Hall–Kier alpha value is -2.93. The number of rotatable bonds is 8. The lowest BCUT2D eigenvalue weighted by molar-refractivity contribution is -0.141. The molecule has 0 atom stereocenters. The topological polar surface area (TPSA) is 70.4 Å². The predicted octanol–water partition coefficient (Wildman–Crippen LogP) is 4.23. The molecular formula is C22H24N2O4S. The van der Waals surface area contributed by atoms with Crippen LogP contribution in [0.25, 0.3) is 10.6 Å². The third-order valence-electron chi connectivity index (χ3n) is 4.77. The summed E-state index contributed by atoms with van der Waals surface area (Å²) < 4.78 is 12.4. The van der Waals surface area contributed by atoms with Crippen LogP contribution in [0.4, 0.5) is 0 Å². The zero-order chi connectivity index (χ0) is 21.0. The van der Waals surface area contributed by atoms with E-state index in [4.69, 9.17) is 9.47 Å². The summed E-state index contributed by atoms with van der Waals surface area (Å²) in [4.78, 5) is 29.1. The molecule has 0 N–H and O–H groups in total. The van der Waals surface area contributed by atoms with Gasteiger partial charge >= 0.3 is 5.97 Å². The number of thiazole rings is 1. The molecule has 6 nitrogen and oxygen atoms in total. The summed E-state index contributed by atoms with van der Waals surface area (Å²) in [5.74, 6) is 0.121. The molecule has 7 heteroatoms. The summed E-state index contributed by atoms with van der Waals surface area (Å²) in [5.41, 5.74) is 4.11. The number of carbonyl (C=O) groups excluding carboxylic acids is 2. The Labute approximate surface area is 174 Å². The Morgan fingerprint density at radius 1 is 1.17 bits per heavy atom. The van der Waals surface area contributed by atoms with Crippen LogP contribution in [0.2, 0.25) is 0 Å². The van der Waals surface area contributed by atoms with Gasteiger partial charge in [-0.25, -0.2) is 4.98 Å². The Balaban J connectivity index is 1.57. The molecule has 2 aromatic heterocycles. The smallest absolute Gasteiger partial charge is 0.312 e. The van der Waals surface area contributed by atoms with Crippen molar-refractivity contribution in [1.82, 2.24) is 9.55 Å². The second-order valence-electron chi connectivity index (χ2n) is 6.66. The molecule has 3 rings (SSSR count). The number of aromatic nitrogens is 2. The van der Waals surface area contributed by atoms with Gasteiger partial charge < -0.3 is 14.0 Å². The molecule has 29 heavy (non-hydrogen) atoms. The minimum absolute atomic E-state index is 0.0356. The molecule has 1 aromatic carbocycles. The maximum Gasteiger partial charge on any atom is 0.312 e. The largest absolute Gasteiger partial charge is 0.497 e. The number of ether oxygens (including phenoxy) is 2. The van der Waals surface area contributed by atoms with E-state index in [1.165, 1.54) is 11.3 Å². The summed E-state index contributed by atoms with van der Waals surface area (Å²) in [6, 6.07) is 9.42.